The van der Waals surface area contributed by atoms with Gasteiger partial charge in [0.15, 0.2) is 0 Å². The molecule has 2 aliphatic heterocycles. The van der Waals surface area contributed by atoms with E-state index in [-0.39, 0.29) is 50.6 Å². The summed E-state index contributed by atoms with van der Waals surface area (Å²) in [4.78, 5) is 43.7. The molecule has 3 aromatic rings. The Morgan fingerprint density at radius 3 is 2.00 bits per heavy atom. The average molecular weight is 612 g/mol. The first-order valence-corrected chi connectivity index (χ1v) is 14.0. The standard InChI is InChI=1S/C32H32F3N3O6/c1-42-25-10-6-22(7-11-25)29(40)37-16-14-31(15-17-37)38(30(41)23-8-12-26(43-2)13-9-23)27(20-44-31)28(39)36-19-21-4-3-5-24(18-21)32(33,34)35/h3-13,18,27H,14-17,19-20H2,1-2H3,(H,36,39)/t27-/m0/s1. The molecule has 1 atom stereocenters. The quantitative estimate of drug-likeness (QED) is 0.423. The van der Waals surface area contributed by atoms with Crippen molar-refractivity contribution in [2.24, 2.45) is 0 Å². The number of alkyl halides is 3. The van der Waals surface area contributed by atoms with Gasteiger partial charge in [-0.25, -0.2) is 0 Å². The molecule has 0 aliphatic carbocycles. The molecule has 3 aromatic carbocycles. The van der Waals surface area contributed by atoms with Crippen molar-refractivity contribution in [3.05, 3.63) is 95.1 Å². The maximum absolute atomic E-state index is 14.0. The molecular weight excluding hydrogens is 579 g/mol. The van der Waals surface area contributed by atoms with Gasteiger partial charge in [-0.2, -0.15) is 13.2 Å². The monoisotopic (exact) mass is 611 g/mol. The molecule has 1 N–H and O–H groups in total. The van der Waals surface area contributed by atoms with Gasteiger partial charge in [0.1, 0.15) is 23.3 Å². The first-order valence-electron chi connectivity index (χ1n) is 14.0. The number of benzene rings is 3. The molecular formula is C32H32F3N3O6. The van der Waals surface area contributed by atoms with Gasteiger partial charge in [-0.15, -0.1) is 0 Å². The zero-order valence-corrected chi connectivity index (χ0v) is 24.2. The molecule has 2 aliphatic rings. The zero-order chi connectivity index (χ0) is 31.5. The lowest BCUT2D eigenvalue weighted by Crippen LogP contribution is -2.59. The predicted octanol–water partition coefficient (Wildman–Crippen LogP) is 4.51. The minimum Gasteiger partial charge on any atom is -0.497 e. The largest absolute Gasteiger partial charge is 0.497 e. The number of hydrogen-bond acceptors (Lipinski definition) is 6. The number of nitrogens with zero attached hydrogens (tertiary/aromatic N) is 2. The molecule has 12 heteroatoms. The summed E-state index contributed by atoms with van der Waals surface area (Å²) in [5.74, 6) is -0.000617. The molecule has 9 nitrogen and oxygen atoms in total. The first kappa shape index (κ1) is 30.9. The lowest BCUT2D eigenvalue weighted by atomic mass is 9.96. The summed E-state index contributed by atoms with van der Waals surface area (Å²) >= 11 is 0. The number of ether oxygens (including phenoxy) is 3. The Kier molecular flexibility index (Phi) is 8.82. The van der Waals surface area contributed by atoms with Crippen LogP contribution in [0.25, 0.3) is 0 Å². The van der Waals surface area contributed by atoms with E-state index in [1.807, 2.05) is 0 Å². The van der Waals surface area contributed by atoms with Gasteiger partial charge in [0.2, 0.25) is 5.91 Å². The Hall–Kier alpha value is -4.58. The van der Waals surface area contributed by atoms with Crippen molar-refractivity contribution in [3.8, 4) is 11.5 Å². The third-order valence-corrected chi connectivity index (χ3v) is 8.01. The first-order chi connectivity index (χ1) is 21.0. The van der Waals surface area contributed by atoms with Crippen molar-refractivity contribution in [3.63, 3.8) is 0 Å². The highest BCUT2D eigenvalue weighted by atomic mass is 19.4. The van der Waals surface area contributed by atoms with E-state index in [9.17, 15) is 27.6 Å². The van der Waals surface area contributed by atoms with Crippen molar-refractivity contribution < 1.29 is 41.8 Å². The van der Waals surface area contributed by atoms with Gasteiger partial charge < -0.3 is 24.4 Å². The molecule has 0 radical (unpaired) electrons. The molecule has 232 valence electrons. The summed E-state index contributed by atoms with van der Waals surface area (Å²) in [6.07, 6.45) is -4.00. The van der Waals surface area contributed by atoms with Crippen LogP contribution >= 0.6 is 0 Å². The van der Waals surface area contributed by atoms with E-state index < -0.39 is 35.3 Å². The molecule has 1 spiro atoms. The summed E-state index contributed by atoms with van der Waals surface area (Å²) in [5.41, 5.74) is -0.915. The topological polar surface area (TPSA) is 97.4 Å². The van der Waals surface area contributed by atoms with Gasteiger partial charge in [0.25, 0.3) is 11.8 Å². The van der Waals surface area contributed by atoms with Crippen LogP contribution in [0.3, 0.4) is 0 Å². The normalized spacial score (nSPS) is 17.8. The minimum atomic E-state index is -4.52. The van der Waals surface area contributed by atoms with Gasteiger partial charge in [-0.1, -0.05) is 12.1 Å². The Morgan fingerprint density at radius 2 is 1.45 bits per heavy atom. The van der Waals surface area contributed by atoms with E-state index in [0.717, 1.165) is 12.1 Å². The second-order valence-electron chi connectivity index (χ2n) is 10.6. The third-order valence-electron chi connectivity index (χ3n) is 8.01. The van der Waals surface area contributed by atoms with E-state index in [0.29, 0.717) is 22.6 Å². The van der Waals surface area contributed by atoms with E-state index in [4.69, 9.17) is 14.2 Å². The van der Waals surface area contributed by atoms with E-state index in [1.54, 1.807) is 60.5 Å². The van der Waals surface area contributed by atoms with Crippen LogP contribution in [-0.2, 0) is 22.3 Å². The molecule has 0 saturated carbocycles. The number of piperidine rings is 1. The number of carbonyl (C=O) groups excluding carboxylic acids is 3. The lowest BCUT2D eigenvalue weighted by molar-refractivity contribution is -0.137. The fraction of sp³-hybridized carbons (Fsp3) is 0.344. The predicted molar refractivity (Wildman–Crippen MR) is 153 cm³/mol. The van der Waals surface area contributed by atoms with Crippen LogP contribution in [0.15, 0.2) is 72.8 Å². The molecule has 3 amide bonds. The summed E-state index contributed by atoms with van der Waals surface area (Å²) in [6, 6.07) is 16.9. The maximum Gasteiger partial charge on any atom is 0.416 e. The van der Waals surface area contributed by atoms with Gasteiger partial charge in [0, 0.05) is 43.6 Å². The van der Waals surface area contributed by atoms with Gasteiger partial charge in [-0.3, -0.25) is 19.3 Å². The molecule has 44 heavy (non-hydrogen) atoms. The number of methoxy groups -OCH3 is 2. The van der Waals surface area contributed by atoms with Crippen LogP contribution in [-0.4, -0.2) is 73.2 Å². The second kappa shape index (κ2) is 12.6. The third kappa shape index (κ3) is 6.35. The summed E-state index contributed by atoms with van der Waals surface area (Å²) in [5, 5.41) is 2.68. The van der Waals surface area contributed by atoms with E-state index in [1.165, 1.54) is 24.1 Å². The highest BCUT2D eigenvalue weighted by Crippen LogP contribution is 2.39. The van der Waals surface area contributed by atoms with Crippen LogP contribution in [0.5, 0.6) is 11.5 Å². The lowest BCUT2D eigenvalue weighted by Gasteiger charge is -2.44. The molecule has 2 saturated heterocycles. The van der Waals surface area contributed by atoms with E-state index in [2.05, 4.69) is 5.32 Å². The Labute approximate surface area is 252 Å². The van der Waals surface area contributed by atoms with Crippen LogP contribution in [0.1, 0.15) is 44.7 Å². The number of halogens is 3. The van der Waals surface area contributed by atoms with Crippen LogP contribution in [0, 0.1) is 0 Å². The minimum absolute atomic E-state index is 0.108. The van der Waals surface area contributed by atoms with Crippen LogP contribution in [0.4, 0.5) is 13.2 Å². The number of amides is 3. The van der Waals surface area contributed by atoms with Crippen molar-refractivity contribution in [2.45, 2.75) is 37.3 Å². The average Bonchev–Trinajstić information content (AvgIpc) is 3.41. The number of likely N-dealkylation sites (tertiary alicyclic amines) is 1. The molecule has 0 bridgehead atoms. The Morgan fingerprint density at radius 1 is 0.886 bits per heavy atom. The van der Waals surface area contributed by atoms with Crippen molar-refractivity contribution in [1.82, 2.24) is 15.1 Å². The van der Waals surface area contributed by atoms with Gasteiger partial charge in [0.05, 0.1) is 26.4 Å². The maximum atomic E-state index is 14.0. The zero-order valence-electron chi connectivity index (χ0n) is 24.2. The van der Waals surface area contributed by atoms with Crippen LogP contribution in [0.2, 0.25) is 0 Å². The van der Waals surface area contributed by atoms with Crippen LogP contribution < -0.4 is 14.8 Å². The number of rotatable bonds is 7. The molecule has 2 fully saturated rings. The number of carbonyl (C=O) groups is 3. The smallest absolute Gasteiger partial charge is 0.416 e. The second-order valence-corrected chi connectivity index (χ2v) is 10.6. The molecule has 5 rings (SSSR count). The molecule has 0 unspecified atom stereocenters. The highest BCUT2D eigenvalue weighted by molar-refractivity contribution is 5.99. The highest BCUT2D eigenvalue weighted by Gasteiger charge is 2.54. The molecule has 2 heterocycles. The summed E-state index contributed by atoms with van der Waals surface area (Å²) < 4.78 is 56.1. The summed E-state index contributed by atoms with van der Waals surface area (Å²) in [6.45, 7) is 0.273. The van der Waals surface area contributed by atoms with Gasteiger partial charge >= 0.3 is 6.18 Å². The van der Waals surface area contributed by atoms with Crippen molar-refractivity contribution >= 4 is 17.7 Å². The molecule has 0 aromatic heterocycles. The summed E-state index contributed by atoms with van der Waals surface area (Å²) in [7, 11) is 3.05. The fourth-order valence-corrected chi connectivity index (χ4v) is 5.58. The Bertz CT molecular complexity index is 1500. The fourth-order valence-electron chi connectivity index (χ4n) is 5.58. The SMILES string of the molecule is COc1ccc(C(=O)N2CCC3(CC2)OC[C@@H](C(=O)NCc2cccc(C(F)(F)F)c2)N3C(=O)c2ccc(OC)cc2)cc1. The van der Waals surface area contributed by atoms with Gasteiger partial charge in [-0.05, 0) is 66.2 Å². The van der Waals surface area contributed by atoms with Crippen molar-refractivity contribution in [1.29, 1.82) is 0 Å². The Balaban J connectivity index is 1.35. The van der Waals surface area contributed by atoms with Crippen molar-refractivity contribution in [2.75, 3.05) is 33.9 Å². The number of nitrogens with one attached hydrogen (secondary N) is 1. The van der Waals surface area contributed by atoms with E-state index >= 15 is 0 Å². The number of hydrogen-bond donors (Lipinski definition) is 1.